The molecular weight excluding hydrogens is 142 g/mol. The fourth-order valence-corrected chi connectivity index (χ4v) is 1.11. The number of hydrogen-bond donors (Lipinski definition) is 0. The van der Waals surface area contributed by atoms with Crippen LogP contribution in [0.1, 0.15) is 25.5 Å². The van der Waals surface area contributed by atoms with E-state index in [-0.39, 0.29) is 0 Å². The lowest BCUT2D eigenvalue weighted by atomic mass is 10.1. The lowest BCUT2D eigenvalue weighted by molar-refractivity contribution is 0.390. The van der Waals surface area contributed by atoms with Gasteiger partial charge in [-0.25, -0.2) is 4.68 Å². The van der Waals surface area contributed by atoms with Gasteiger partial charge in [0.1, 0.15) is 5.69 Å². The topological polar surface area (TPSA) is 39.9 Å². The maximum atomic E-state index is 5.03. The molecule has 0 atom stereocenters. The summed E-state index contributed by atoms with van der Waals surface area (Å²) in [5, 5.41) is 7.70. The van der Waals surface area contributed by atoms with Crippen molar-refractivity contribution in [1.29, 1.82) is 0 Å². The summed E-state index contributed by atoms with van der Waals surface area (Å²) >= 11 is 0. The van der Waals surface area contributed by atoms with Gasteiger partial charge in [0.05, 0.1) is 7.11 Å². The molecule has 0 aliphatic carbocycles. The van der Waals surface area contributed by atoms with E-state index in [1.54, 1.807) is 11.8 Å². The average Bonchev–Trinajstić information content (AvgIpc) is 2.30. The maximum Gasteiger partial charge on any atom is 0.256 e. The first-order chi connectivity index (χ1) is 5.16. The molecule has 62 valence electrons. The van der Waals surface area contributed by atoms with E-state index in [1.807, 2.05) is 7.05 Å². The molecule has 1 heterocycles. The van der Waals surface area contributed by atoms with E-state index in [1.165, 1.54) is 0 Å². The minimum absolute atomic E-state index is 0.393. The third kappa shape index (κ3) is 1.34. The minimum Gasteiger partial charge on any atom is -0.479 e. The smallest absolute Gasteiger partial charge is 0.256 e. The highest BCUT2D eigenvalue weighted by atomic mass is 16.5. The summed E-state index contributed by atoms with van der Waals surface area (Å²) in [4.78, 5) is 0. The number of methoxy groups -OCH3 is 1. The van der Waals surface area contributed by atoms with Gasteiger partial charge in [-0.3, -0.25) is 0 Å². The van der Waals surface area contributed by atoms with Gasteiger partial charge < -0.3 is 4.74 Å². The molecule has 0 radical (unpaired) electrons. The molecule has 1 rings (SSSR count). The molecule has 0 saturated heterocycles. The third-order valence-corrected chi connectivity index (χ3v) is 1.58. The molecule has 0 saturated carbocycles. The van der Waals surface area contributed by atoms with Gasteiger partial charge in [-0.15, -0.1) is 0 Å². The summed E-state index contributed by atoms with van der Waals surface area (Å²) in [6, 6.07) is 0. The van der Waals surface area contributed by atoms with Gasteiger partial charge in [0.25, 0.3) is 5.88 Å². The molecule has 1 aromatic rings. The Hall–Kier alpha value is -1.06. The molecule has 0 spiro atoms. The predicted molar refractivity (Wildman–Crippen MR) is 41.6 cm³/mol. The van der Waals surface area contributed by atoms with Crippen molar-refractivity contribution in [3.8, 4) is 5.88 Å². The Morgan fingerprint density at radius 1 is 1.45 bits per heavy atom. The molecule has 0 aliphatic heterocycles. The monoisotopic (exact) mass is 155 g/mol. The quantitative estimate of drug-likeness (QED) is 0.638. The van der Waals surface area contributed by atoms with Crippen molar-refractivity contribution >= 4 is 0 Å². The molecule has 0 bridgehead atoms. The molecule has 0 aromatic carbocycles. The van der Waals surface area contributed by atoms with Crippen molar-refractivity contribution < 1.29 is 4.74 Å². The van der Waals surface area contributed by atoms with Gasteiger partial charge in [-0.1, -0.05) is 24.2 Å². The van der Waals surface area contributed by atoms with Crippen molar-refractivity contribution in [3.63, 3.8) is 0 Å². The standard InChI is InChI=1S/C7H13N3O/c1-5(2)6-7(11-4)8-9-10(6)3/h5H,1-4H3. The molecule has 0 aliphatic rings. The van der Waals surface area contributed by atoms with Crippen LogP contribution < -0.4 is 4.74 Å². The van der Waals surface area contributed by atoms with Crippen LogP contribution >= 0.6 is 0 Å². The molecule has 0 unspecified atom stereocenters. The summed E-state index contributed by atoms with van der Waals surface area (Å²) in [5.41, 5.74) is 1.03. The number of aryl methyl sites for hydroxylation is 1. The van der Waals surface area contributed by atoms with E-state index in [9.17, 15) is 0 Å². The second-order valence-electron chi connectivity index (χ2n) is 2.76. The van der Waals surface area contributed by atoms with Crippen LogP contribution in [0.15, 0.2) is 0 Å². The average molecular weight is 155 g/mol. The Labute approximate surface area is 66.2 Å². The summed E-state index contributed by atoms with van der Waals surface area (Å²) < 4.78 is 6.77. The highest BCUT2D eigenvalue weighted by molar-refractivity contribution is 5.19. The first kappa shape index (κ1) is 8.04. The van der Waals surface area contributed by atoms with E-state index >= 15 is 0 Å². The normalized spacial score (nSPS) is 10.6. The third-order valence-electron chi connectivity index (χ3n) is 1.58. The second-order valence-corrected chi connectivity index (χ2v) is 2.76. The highest BCUT2D eigenvalue weighted by Crippen LogP contribution is 2.21. The molecule has 1 aromatic heterocycles. The van der Waals surface area contributed by atoms with Gasteiger partial charge in [-0.05, 0) is 0 Å². The first-order valence-corrected chi connectivity index (χ1v) is 3.60. The zero-order valence-electron chi connectivity index (χ0n) is 7.33. The molecule has 0 N–H and O–H groups in total. The van der Waals surface area contributed by atoms with E-state index in [4.69, 9.17) is 4.74 Å². The zero-order chi connectivity index (χ0) is 8.43. The van der Waals surface area contributed by atoms with Gasteiger partial charge >= 0.3 is 0 Å². The molecular formula is C7H13N3O. The Bertz CT molecular complexity index is 242. The first-order valence-electron chi connectivity index (χ1n) is 3.60. The SMILES string of the molecule is COc1nnn(C)c1C(C)C. The molecule has 11 heavy (non-hydrogen) atoms. The minimum atomic E-state index is 0.393. The van der Waals surface area contributed by atoms with E-state index in [0.717, 1.165) is 5.69 Å². The van der Waals surface area contributed by atoms with Crippen LogP contribution in [0.2, 0.25) is 0 Å². The van der Waals surface area contributed by atoms with Crippen molar-refractivity contribution in [2.24, 2.45) is 7.05 Å². The van der Waals surface area contributed by atoms with Crippen LogP contribution in [0.3, 0.4) is 0 Å². The lowest BCUT2D eigenvalue weighted by Crippen LogP contribution is -2.01. The zero-order valence-corrected chi connectivity index (χ0v) is 7.33. The van der Waals surface area contributed by atoms with Gasteiger partial charge in [0.15, 0.2) is 0 Å². The van der Waals surface area contributed by atoms with Gasteiger partial charge in [0, 0.05) is 13.0 Å². The number of hydrogen-bond acceptors (Lipinski definition) is 3. The second kappa shape index (κ2) is 2.90. The Kier molecular flexibility index (Phi) is 2.12. The lowest BCUT2D eigenvalue weighted by Gasteiger charge is -2.05. The van der Waals surface area contributed by atoms with Crippen LogP contribution in [0.4, 0.5) is 0 Å². The molecule has 0 fully saturated rings. The van der Waals surface area contributed by atoms with Crippen LogP contribution in [0.5, 0.6) is 5.88 Å². The number of rotatable bonds is 2. The predicted octanol–water partition coefficient (Wildman–Crippen LogP) is 0.947. The largest absolute Gasteiger partial charge is 0.479 e. The van der Waals surface area contributed by atoms with E-state index in [0.29, 0.717) is 11.8 Å². The summed E-state index contributed by atoms with van der Waals surface area (Å²) in [5.74, 6) is 1.02. The summed E-state index contributed by atoms with van der Waals surface area (Å²) in [6.45, 7) is 4.17. The molecule has 4 heteroatoms. The maximum absolute atomic E-state index is 5.03. The van der Waals surface area contributed by atoms with Gasteiger partial charge in [-0.2, -0.15) is 0 Å². The van der Waals surface area contributed by atoms with Crippen molar-refractivity contribution in [2.75, 3.05) is 7.11 Å². The van der Waals surface area contributed by atoms with Crippen molar-refractivity contribution in [1.82, 2.24) is 15.0 Å². The number of nitrogens with zero attached hydrogens (tertiary/aromatic N) is 3. The van der Waals surface area contributed by atoms with Crippen LogP contribution in [-0.2, 0) is 7.05 Å². The number of aromatic nitrogens is 3. The van der Waals surface area contributed by atoms with E-state index in [2.05, 4.69) is 24.2 Å². The van der Waals surface area contributed by atoms with Crippen LogP contribution in [0.25, 0.3) is 0 Å². The van der Waals surface area contributed by atoms with E-state index < -0.39 is 0 Å². The summed E-state index contributed by atoms with van der Waals surface area (Å²) in [7, 11) is 3.47. The Balaban J connectivity index is 3.07. The molecule has 0 amide bonds. The van der Waals surface area contributed by atoms with Gasteiger partial charge in [0.2, 0.25) is 0 Å². The number of ether oxygens (including phenoxy) is 1. The Morgan fingerprint density at radius 3 is 2.45 bits per heavy atom. The fraction of sp³-hybridized carbons (Fsp3) is 0.714. The van der Waals surface area contributed by atoms with Crippen LogP contribution in [-0.4, -0.2) is 22.1 Å². The highest BCUT2D eigenvalue weighted by Gasteiger charge is 2.13. The van der Waals surface area contributed by atoms with Crippen molar-refractivity contribution in [2.45, 2.75) is 19.8 Å². The molecule has 4 nitrogen and oxygen atoms in total. The van der Waals surface area contributed by atoms with Crippen molar-refractivity contribution in [3.05, 3.63) is 5.69 Å². The summed E-state index contributed by atoms with van der Waals surface area (Å²) in [6.07, 6.45) is 0. The van der Waals surface area contributed by atoms with Crippen LogP contribution in [0, 0.1) is 0 Å². The fourth-order valence-electron chi connectivity index (χ4n) is 1.11. The Morgan fingerprint density at radius 2 is 2.09 bits per heavy atom.